The van der Waals surface area contributed by atoms with Crippen LogP contribution in [0, 0.1) is 0 Å². The molecule has 0 aliphatic carbocycles. The summed E-state index contributed by atoms with van der Waals surface area (Å²) >= 11 is 1.51. The van der Waals surface area contributed by atoms with Crippen molar-refractivity contribution in [1.29, 1.82) is 0 Å². The van der Waals surface area contributed by atoms with E-state index in [9.17, 15) is 5.11 Å². The number of ether oxygens (including phenoxy) is 1. The molecule has 2 aromatic heterocycles. The fraction of sp³-hybridized carbons (Fsp3) is 0.0556. The Balaban J connectivity index is 1.87. The lowest BCUT2D eigenvalue weighted by molar-refractivity contribution is 0.414. The molecule has 4 rings (SSSR count). The number of aromatic hydroxyl groups is 1. The van der Waals surface area contributed by atoms with E-state index >= 15 is 0 Å². The van der Waals surface area contributed by atoms with Crippen molar-refractivity contribution >= 4 is 27.4 Å². The number of thiazole rings is 1. The molecule has 0 fully saturated rings. The van der Waals surface area contributed by atoms with Crippen molar-refractivity contribution in [3.05, 3.63) is 54.7 Å². The number of para-hydroxylation sites is 1. The Morgan fingerprint density at radius 1 is 1.17 bits per heavy atom. The summed E-state index contributed by atoms with van der Waals surface area (Å²) in [5.74, 6) is 1.27. The third kappa shape index (κ3) is 2.28. The molecule has 0 unspecified atom stereocenters. The molecule has 120 valence electrons. The largest absolute Gasteiger partial charge is 0.506 e. The van der Waals surface area contributed by atoms with Crippen molar-refractivity contribution in [1.82, 2.24) is 9.55 Å². The van der Waals surface area contributed by atoms with E-state index < -0.39 is 0 Å². The average molecular weight is 337 g/mol. The van der Waals surface area contributed by atoms with E-state index in [1.807, 2.05) is 48.5 Å². The lowest BCUT2D eigenvalue weighted by Crippen LogP contribution is -1.99. The Labute approximate surface area is 142 Å². The molecule has 0 aliphatic rings. The molecule has 3 N–H and O–H groups in total. The van der Waals surface area contributed by atoms with Gasteiger partial charge in [0.1, 0.15) is 22.3 Å². The average Bonchev–Trinajstić information content (AvgIpc) is 3.15. The molecular formula is C18H15N3O2S. The molecule has 0 bridgehead atoms. The van der Waals surface area contributed by atoms with Gasteiger partial charge in [-0.15, -0.1) is 11.3 Å². The maximum absolute atomic E-state index is 10.4. The molecule has 0 spiro atoms. The minimum atomic E-state index is 0.106. The van der Waals surface area contributed by atoms with Gasteiger partial charge in [-0.1, -0.05) is 18.2 Å². The molecule has 5 nitrogen and oxygen atoms in total. The van der Waals surface area contributed by atoms with Crippen LogP contribution < -0.4 is 10.5 Å². The van der Waals surface area contributed by atoms with Gasteiger partial charge in [0.05, 0.1) is 34.8 Å². The molecule has 24 heavy (non-hydrogen) atoms. The zero-order chi connectivity index (χ0) is 16.7. The number of nitrogen functional groups attached to an aromatic ring is 1. The zero-order valence-corrected chi connectivity index (χ0v) is 13.7. The predicted molar refractivity (Wildman–Crippen MR) is 97.0 cm³/mol. The summed E-state index contributed by atoms with van der Waals surface area (Å²) in [5, 5.41) is 11.1. The summed E-state index contributed by atoms with van der Waals surface area (Å²) in [6.07, 6.45) is 1.60. The third-order valence-corrected chi connectivity index (χ3v) is 4.92. The molecule has 2 aromatic carbocycles. The number of rotatable bonds is 3. The second-order valence-corrected chi connectivity index (χ2v) is 6.36. The van der Waals surface area contributed by atoms with Gasteiger partial charge in [0, 0.05) is 6.07 Å². The van der Waals surface area contributed by atoms with E-state index in [4.69, 9.17) is 10.5 Å². The first-order chi connectivity index (χ1) is 11.7. The Hall–Kier alpha value is -2.99. The van der Waals surface area contributed by atoms with Gasteiger partial charge in [0.15, 0.2) is 0 Å². The first-order valence-corrected chi connectivity index (χ1v) is 8.19. The number of hydrogen-bond donors (Lipinski definition) is 2. The van der Waals surface area contributed by atoms with Crippen molar-refractivity contribution in [2.75, 3.05) is 12.8 Å². The minimum absolute atomic E-state index is 0.106. The Kier molecular flexibility index (Phi) is 3.39. The highest BCUT2D eigenvalue weighted by Gasteiger charge is 2.19. The van der Waals surface area contributed by atoms with Gasteiger partial charge in [-0.05, 0) is 24.3 Å². The van der Waals surface area contributed by atoms with Crippen LogP contribution in [-0.4, -0.2) is 21.8 Å². The normalized spacial score (nSPS) is 11.0. The lowest BCUT2D eigenvalue weighted by atomic mass is 10.3. The van der Waals surface area contributed by atoms with Crippen LogP contribution in [0.1, 0.15) is 0 Å². The highest BCUT2D eigenvalue weighted by Crippen LogP contribution is 2.41. The van der Waals surface area contributed by atoms with Crippen LogP contribution in [0.5, 0.6) is 11.5 Å². The fourth-order valence-corrected chi connectivity index (χ4v) is 3.71. The smallest absolute Gasteiger partial charge is 0.146 e. The Morgan fingerprint density at radius 3 is 2.79 bits per heavy atom. The second-order valence-electron chi connectivity index (χ2n) is 5.33. The molecule has 4 aromatic rings. The van der Waals surface area contributed by atoms with Gasteiger partial charge in [0.25, 0.3) is 0 Å². The third-order valence-electron chi connectivity index (χ3n) is 3.86. The van der Waals surface area contributed by atoms with Crippen LogP contribution in [-0.2, 0) is 0 Å². The van der Waals surface area contributed by atoms with Gasteiger partial charge in [-0.3, -0.25) is 4.57 Å². The molecular weight excluding hydrogens is 322 g/mol. The number of benzene rings is 2. The predicted octanol–water partition coefficient (Wildman–Crippen LogP) is 4.05. The number of methoxy groups -OCH3 is 1. The summed E-state index contributed by atoms with van der Waals surface area (Å²) in [5.41, 5.74) is 8.57. The monoisotopic (exact) mass is 337 g/mol. The summed E-state index contributed by atoms with van der Waals surface area (Å²) in [6, 6.07) is 15.4. The first-order valence-electron chi connectivity index (χ1n) is 7.37. The van der Waals surface area contributed by atoms with E-state index in [0.29, 0.717) is 16.4 Å². The maximum Gasteiger partial charge on any atom is 0.146 e. The van der Waals surface area contributed by atoms with Crippen LogP contribution in [0.3, 0.4) is 0 Å². The van der Waals surface area contributed by atoms with Crippen molar-refractivity contribution in [3.8, 4) is 27.8 Å². The number of hydrogen-bond acceptors (Lipinski definition) is 5. The molecule has 0 saturated heterocycles. The highest BCUT2D eigenvalue weighted by molar-refractivity contribution is 7.21. The van der Waals surface area contributed by atoms with E-state index in [-0.39, 0.29) is 5.75 Å². The molecule has 0 saturated carbocycles. The zero-order valence-electron chi connectivity index (χ0n) is 12.9. The van der Waals surface area contributed by atoms with Crippen molar-refractivity contribution in [2.45, 2.75) is 0 Å². The van der Waals surface area contributed by atoms with Crippen molar-refractivity contribution < 1.29 is 9.84 Å². The number of nitrogens with zero attached hydrogens (tertiary/aromatic N) is 2. The molecule has 2 heterocycles. The van der Waals surface area contributed by atoms with Gasteiger partial charge in [-0.2, -0.15) is 0 Å². The molecule has 0 amide bonds. The Bertz CT molecular complexity index is 1000. The highest BCUT2D eigenvalue weighted by atomic mass is 32.1. The quantitative estimate of drug-likeness (QED) is 0.591. The van der Waals surface area contributed by atoms with Crippen LogP contribution in [0.15, 0.2) is 54.7 Å². The first kappa shape index (κ1) is 14.6. The number of anilines is 1. The summed E-state index contributed by atoms with van der Waals surface area (Å²) in [7, 11) is 1.61. The Morgan fingerprint density at radius 2 is 2.00 bits per heavy atom. The van der Waals surface area contributed by atoms with Gasteiger partial charge in [0.2, 0.25) is 0 Å². The second kappa shape index (κ2) is 5.58. The summed E-state index contributed by atoms with van der Waals surface area (Å²) in [4.78, 5) is 4.59. The van der Waals surface area contributed by atoms with Crippen LogP contribution in [0.4, 0.5) is 5.82 Å². The van der Waals surface area contributed by atoms with Gasteiger partial charge >= 0.3 is 0 Å². The van der Waals surface area contributed by atoms with Gasteiger partial charge < -0.3 is 15.6 Å². The minimum Gasteiger partial charge on any atom is -0.506 e. The maximum atomic E-state index is 10.4. The van der Waals surface area contributed by atoms with Gasteiger partial charge in [-0.25, -0.2) is 4.98 Å². The summed E-state index contributed by atoms with van der Waals surface area (Å²) < 4.78 is 8.04. The van der Waals surface area contributed by atoms with E-state index in [1.54, 1.807) is 17.9 Å². The van der Waals surface area contributed by atoms with Crippen LogP contribution in [0.25, 0.3) is 26.5 Å². The van der Waals surface area contributed by atoms with E-state index in [2.05, 4.69) is 4.98 Å². The number of fused-ring (bicyclic) bond motifs is 1. The molecule has 0 radical (unpaired) electrons. The SMILES string of the molecule is COc1cccc(-n2cc(O)c(-c3nc4ccccc4s3)c2N)c1. The standard InChI is InChI=1S/C18H15N3O2S/c1-23-12-6-4-5-11(9-12)21-10-14(22)16(17(21)19)18-20-13-7-2-3-8-15(13)24-18/h2-10,22H,19H2,1H3. The van der Waals surface area contributed by atoms with E-state index in [1.165, 1.54) is 11.3 Å². The number of aromatic nitrogens is 2. The summed E-state index contributed by atoms with van der Waals surface area (Å²) in [6.45, 7) is 0. The number of nitrogens with two attached hydrogens (primary N) is 1. The molecule has 6 heteroatoms. The van der Waals surface area contributed by atoms with Crippen LogP contribution >= 0.6 is 11.3 Å². The topological polar surface area (TPSA) is 73.3 Å². The van der Waals surface area contributed by atoms with E-state index in [0.717, 1.165) is 21.7 Å². The fourth-order valence-electron chi connectivity index (χ4n) is 2.68. The van der Waals surface area contributed by atoms with Crippen molar-refractivity contribution in [3.63, 3.8) is 0 Å². The molecule has 0 aliphatic heterocycles. The van der Waals surface area contributed by atoms with Crippen LogP contribution in [0.2, 0.25) is 0 Å². The molecule has 0 atom stereocenters. The lowest BCUT2D eigenvalue weighted by Gasteiger charge is -2.08. The van der Waals surface area contributed by atoms with Crippen molar-refractivity contribution in [2.24, 2.45) is 0 Å².